The van der Waals surface area contributed by atoms with Gasteiger partial charge in [-0.1, -0.05) is 30.3 Å². The molecule has 1 amide bonds. The summed E-state index contributed by atoms with van der Waals surface area (Å²) in [5, 5.41) is 6.41. The van der Waals surface area contributed by atoms with E-state index in [1.54, 1.807) is 0 Å². The number of benzene rings is 1. The molecule has 6 nitrogen and oxygen atoms in total. The van der Waals surface area contributed by atoms with Crippen LogP contribution < -0.4 is 0 Å². The summed E-state index contributed by atoms with van der Waals surface area (Å²) in [7, 11) is 2.08. The van der Waals surface area contributed by atoms with E-state index in [9.17, 15) is 4.79 Å². The van der Waals surface area contributed by atoms with E-state index >= 15 is 0 Å². The third-order valence-corrected chi connectivity index (χ3v) is 3.65. The van der Waals surface area contributed by atoms with Crippen molar-refractivity contribution in [2.24, 2.45) is 0 Å². The van der Waals surface area contributed by atoms with Gasteiger partial charge in [0, 0.05) is 19.6 Å². The number of hydrogen-bond acceptors (Lipinski definition) is 4. The molecule has 1 aliphatic rings. The summed E-state index contributed by atoms with van der Waals surface area (Å²) in [5.41, 5.74) is 1.15. The first-order valence-corrected chi connectivity index (χ1v) is 6.65. The average molecular weight is 271 g/mol. The van der Waals surface area contributed by atoms with Gasteiger partial charge in [-0.15, -0.1) is 0 Å². The maximum Gasteiger partial charge on any atom is 0.291 e. The van der Waals surface area contributed by atoms with Crippen LogP contribution in [-0.2, 0) is 0 Å². The van der Waals surface area contributed by atoms with Crippen molar-refractivity contribution in [3.8, 4) is 0 Å². The SMILES string of the molecule is CN1CCN(C(=O)c2ncn[nH]2)C(c2ccccc2)C1. The predicted molar refractivity (Wildman–Crippen MR) is 74.1 cm³/mol. The summed E-state index contributed by atoms with van der Waals surface area (Å²) in [6.45, 7) is 2.38. The van der Waals surface area contributed by atoms with Gasteiger partial charge in [0.05, 0.1) is 6.04 Å². The van der Waals surface area contributed by atoms with E-state index in [2.05, 4.69) is 39.3 Å². The van der Waals surface area contributed by atoms with Crippen molar-refractivity contribution in [1.82, 2.24) is 25.0 Å². The highest BCUT2D eigenvalue weighted by atomic mass is 16.2. The van der Waals surface area contributed by atoms with Crippen LogP contribution in [0.2, 0.25) is 0 Å². The minimum Gasteiger partial charge on any atom is -0.326 e. The zero-order valence-corrected chi connectivity index (χ0v) is 11.4. The number of nitrogens with zero attached hydrogens (tertiary/aromatic N) is 4. The molecule has 3 rings (SSSR count). The van der Waals surface area contributed by atoms with Crippen LogP contribution >= 0.6 is 0 Å². The van der Waals surface area contributed by atoms with E-state index in [1.165, 1.54) is 6.33 Å². The van der Waals surface area contributed by atoms with Crippen molar-refractivity contribution < 1.29 is 4.79 Å². The van der Waals surface area contributed by atoms with Gasteiger partial charge < -0.3 is 9.80 Å². The molecule has 2 aromatic rings. The lowest BCUT2D eigenvalue weighted by molar-refractivity contribution is 0.0486. The lowest BCUT2D eigenvalue weighted by Crippen LogP contribution is -2.49. The molecule has 1 saturated heterocycles. The van der Waals surface area contributed by atoms with Gasteiger partial charge in [-0.05, 0) is 12.6 Å². The van der Waals surface area contributed by atoms with Crippen LogP contribution in [0, 0.1) is 0 Å². The Balaban J connectivity index is 1.89. The van der Waals surface area contributed by atoms with Crippen LogP contribution in [0.1, 0.15) is 22.2 Å². The molecule has 2 heterocycles. The molecule has 1 aromatic heterocycles. The number of hydrogen-bond donors (Lipinski definition) is 1. The minimum atomic E-state index is -0.0931. The van der Waals surface area contributed by atoms with Crippen molar-refractivity contribution in [2.75, 3.05) is 26.7 Å². The molecular formula is C14H17N5O. The highest BCUT2D eigenvalue weighted by Gasteiger charge is 2.31. The number of H-pyrrole nitrogens is 1. The Labute approximate surface area is 117 Å². The lowest BCUT2D eigenvalue weighted by atomic mass is 10.0. The van der Waals surface area contributed by atoms with Crippen LogP contribution in [0.15, 0.2) is 36.7 Å². The fourth-order valence-electron chi connectivity index (χ4n) is 2.57. The Morgan fingerprint density at radius 1 is 1.30 bits per heavy atom. The standard InChI is InChI=1S/C14H17N5O/c1-18-7-8-19(14(20)13-15-10-16-17-13)12(9-18)11-5-3-2-4-6-11/h2-6,10,12H,7-9H2,1H3,(H,15,16,17). The molecule has 0 aliphatic carbocycles. The Morgan fingerprint density at radius 3 is 2.80 bits per heavy atom. The zero-order valence-electron chi connectivity index (χ0n) is 11.4. The van der Waals surface area contributed by atoms with Gasteiger partial charge in [0.25, 0.3) is 5.91 Å². The number of amides is 1. The van der Waals surface area contributed by atoms with Gasteiger partial charge in [-0.25, -0.2) is 4.98 Å². The first-order valence-electron chi connectivity index (χ1n) is 6.65. The Morgan fingerprint density at radius 2 is 2.10 bits per heavy atom. The largest absolute Gasteiger partial charge is 0.326 e. The quantitative estimate of drug-likeness (QED) is 0.882. The van der Waals surface area contributed by atoms with Gasteiger partial charge in [-0.2, -0.15) is 5.10 Å². The van der Waals surface area contributed by atoms with Crippen molar-refractivity contribution >= 4 is 5.91 Å². The van der Waals surface area contributed by atoms with Crippen LogP contribution in [0.25, 0.3) is 0 Å². The van der Waals surface area contributed by atoms with Gasteiger partial charge in [0.15, 0.2) is 0 Å². The molecule has 0 saturated carbocycles. The molecule has 104 valence electrons. The molecule has 0 spiro atoms. The molecule has 1 aliphatic heterocycles. The minimum absolute atomic E-state index is 0.0487. The third-order valence-electron chi connectivity index (χ3n) is 3.65. The number of nitrogens with one attached hydrogen (secondary N) is 1. The van der Waals surface area contributed by atoms with Crippen molar-refractivity contribution in [1.29, 1.82) is 0 Å². The number of carbonyl (C=O) groups is 1. The maximum absolute atomic E-state index is 12.5. The second kappa shape index (κ2) is 5.42. The Hall–Kier alpha value is -2.21. The van der Waals surface area contributed by atoms with Crippen molar-refractivity contribution in [3.63, 3.8) is 0 Å². The van der Waals surface area contributed by atoms with Crippen LogP contribution in [0.5, 0.6) is 0 Å². The van der Waals surface area contributed by atoms with E-state index in [0.29, 0.717) is 12.4 Å². The summed E-state index contributed by atoms with van der Waals surface area (Å²) in [6.07, 6.45) is 1.36. The highest BCUT2D eigenvalue weighted by Crippen LogP contribution is 2.25. The van der Waals surface area contributed by atoms with E-state index in [1.807, 2.05) is 23.1 Å². The summed E-state index contributed by atoms with van der Waals surface area (Å²) in [5.74, 6) is 0.208. The molecule has 0 radical (unpaired) electrons. The number of likely N-dealkylation sites (N-methyl/N-ethyl adjacent to an activating group) is 1. The van der Waals surface area contributed by atoms with E-state index in [4.69, 9.17) is 0 Å². The number of aromatic amines is 1. The van der Waals surface area contributed by atoms with Crippen LogP contribution in [0.3, 0.4) is 0 Å². The predicted octanol–water partition coefficient (Wildman–Crippen LogP) is 0.934. The first-order chi connectivity index (χ1) is 9.75. The van der Waals surface area contributed by atoms with Crippen molar-refractivity contribution in [2.45, 2.75) is 6.04 Å². The summed E-state index contributed by atoms with van der Waals surface area (Å²) in [6, 6.07) is 10.2. The second-order valence-electron chi connectivity index (χ2n) is 5.02. The Bertz CT molecular complexity index is 569. The first kappa shape index (κ1) is 12.8. The monoisotopic (exact) mass is 271 g/mol. The number of carbonyl (C=O) groups excluding carboxylic acids is 1. The molecule has 6 heteroatoms. The molecule has 1 N–H and O–H groups in total. The molecule has 1 aromatic carbocycles. The normalized spacial score (nSPS) is 20.1. The Kier molecular flexibility index (Phi) is 3.47. The average Bonchev–Trinajstić information content (AvgIpc) is 3.02. The van der Waals surface area contributed by atoms with Gasteiger partial charge >= 0.3 is 0 Å². The number of aromatic nitrogens is 3. The molecular weight excluding hydrogens is 254 g/mol. The van der Waals surface area contributed by atoms with E-state index in [0.717, 1.165) is 18.7 Å². The zero-order chi connectivity index (χ0) is 13.9. The van der Waals surface area contributed by atoms with Gasteiger partial charge in [-0.3, -0.25) is 9.89 Å². The molecule has 0 bridgehead atoms. The third kappa shape index (κ3) is 2.42. The summed E-state index contributed by atoms with van der Waals surface area (Å²) >= 11 is 0. The number of rotatable bonds is 2. The fraction of sp³-hybridized carbons (Fsp3) is 0.357. The number of piperazine rings is 1. The van der Waals surface area contributed by atoms with Gasteiger partial charge in [0.2, 0.25) is 5.82 Å². The van der Waals surface area contributed by atoms with Crippen molar-refractivity contribution in [3.05, 3.63) is 48.0 Å². The topological polar surface area (TPSA) is 65.1 Å². The lowest BCUT2D eigenvalue weighted by Gasteiger charge is -2.39. The maximum atomic E-state index is 12.5. The highest BCUT2D eigenvalue weighted by molar-refractivity contribution is 5.90. The van der Waals surface area contributed by atoms with E-state index in [-0.39, 0.29) is 11.9 Å². The van der Waals surface area contributed by atoms with Gasteiger partial charge in [0.1, 0.15) is 6.33 Å². The molecule has 20 heavy (non-hydrogen) atoms. The van der Waals surface area contributed by atoms with Crippen LogP contribution in [-0.4, -0.2) is 57.6 Å². The summed E-state index contributed by atoms with van der Waals surface area (Å²) in [4.78, 5) is 20.6. The van der Waals surface area contributed by atoms with Crippen LogP contribution in [0.4, 0.5) is 0 Å². The summed E-state index contributed by atoms with van der Waals surface area (Å²) < 4.78 is 0. The molecule has 1 fully saturated rings. The second-order valence-corrected chi connectivity index (χ2v) is 5.02. The van der Waals surface area contributed by atoms with E-state index < -0.39 is 0 Å². The molecule has 1 unspecified atom stereocenters. The fourth-order valence-corrected chi connectivity index (χ4v) is 2.57. The smallest absolute Gasteiger partial charge is 0.291 e. The molecule has 1 atom stereocenters.